The van der Waals surface area contributed by atoms with Crippen LogP contribution in [-0.2, 0) is 11.3 Å². The SMILES string of the molecule is CC(CN(C)C(=O)NCc1ccc(OC2CCCCC2)cc1)C(=O)O. The summed E-state index contributed by atoms with van der Waals surface area (Å²) in [6, 6.07) is 7.48. The monoisotopic (exact) mass is 348 g/mol. The van der Waals surface area contributed by atoms with E-state index in [1.54, 1.807) is 14.0 Å². The summed E-state index contributed by atoms with van der Waals surface area (Å²) in [6.07, 6.45) is 6.35. The standard InChI is InChI=1S/C19H28N2O4/c1-14(18(22)23)13-21(2)19(24)20-12-15-8-10-17(11-9-15)25-16-6-4-3-5-7-16/h8-11,14,16H,3-7,12-13H2,1-2H3,(H,20,24)(H,22,23). The molecule has 6 heteroatoms. The van der Waals surface area contributed by atoms with Crippen LogP contribution >= 0.6 is 0 Å². The molecule has 25 heavy (non-hydrogen) atoms. The first-order chi connectivity index (χ1) is 12.0. The molecule has 2 N–H and O–H groups in total. The van der Waals surface area contributed by atoms with Gasteiger partial charge in [0, 0.05) is 20.1 Å². The number of nitrogens with zero attached hydrogens (tertiary/aromatic N) is 1. The van der Waals surface area contributed by atoms with Gasteiger partial charge < -0.3 is 20.1 Å². The van der Waals surface area contributed by atoms with Crippen molar-refractivity contribution in [1.29, 1.82) is 0 Å². The van der Waals surface area contributed by atoms with E-state index in [1.807, 2.05) is 24.3 Å². The summed E-state index contributed by atoms with van der Waals surface area (Å²) in [6.45, 7) is 2.15. The second kappa shape index (κ2) is 9.30. The van der Waals surface area contributed by atoms with Gasteiger partial charge in [0.25, 0.3) is 0 Å². The second-order valence-corrected chi connectivity index (χ2v) is 6.80. The molecule has 2 amide bonds. The number of carbonyl (C=O) groups is 2. The molecule has 1 aliphatic carbocycles. The van der Waals surface area contributed by atoms with Gasteiger partial charge in [-0.15, -0.1) is 0 Å². The molecule has 2 rings (SSSR count). The molecule has 1 aromatic carbocycles. The summed E-state index contributed by atoms with van der Waals surface area (Å²) >= 11 is 0. The van der Waals surface area contributed by atoms with E-state index < -0.39 is 11.9 Å². The minimum absolute atomic E-state index is 0.176. The van der Waals surface area contributed by atoms with E-state index >= 15 is 0 Å². The normalized spacial score (nSPS) is 16.1. The summed E-state index contributed by atoms with van der Waals surface area (Å²) in [5.41, 5.74) is 0.976. The third-order valence-electron chi connectivity index (χ3n) is 4.54. The van der Waals surface area contributed by atoms with Crippen LogP contribution in [0.4, 0.5) is 4.79 Å². The fourth-order valence-electron chi connectivity index (χ4n) is 2.95. The van der Waals surface area contributed by atoms with Gasteiger partial charge in [0.05, 0.1) is 12.0 Å². The Labute approximate surface area is 149 Å². The number of carbonyl (C=O) groups excluding carboxylic acids is 1. The predicted molar refractivity (Wildman–Crippen MR) is 95.6 cm³/mol. The van der Waals surface area contributed by atoms with Gasteiger partial charge in [-0.3, -0.25) is 4.79 Å². The van der Waals surface area contributed by atoms with Crippen LogP contribution in [0.2, 0.25) is 0 Å². The van der Waals surface area contributed by atoms with Crippen LogP contribution in [-0.4, -0.2) is 41.7 Å². The summed E-state index contributed by atoms with van der Waals surface area (Å²) in [4.78, 5) is 24.2. The molecule has 0 heterocycles. The Kier molecular flexibility index (Phi) is 7.10. The van der Waals surface area contributed by atoms with Gasteiger partial charge in [-0.25, -0.2) is 4.79 Å². The second-order valence-electron chi connectivity index (χ2n) is 6.80. The fraction of sp³-hybridized carbons (Fsp3) is 0.579. The molecule has 6 nitrogen and oxygen atoms in total. The lowest BCUT2D eigenvalue weighted by molar-refractivity contribution is -0.141. The molecule has 0 aliphatic heterocycles. The molecular formula is C19H28N2O4. The van der Waals surface area contributed by atoms with E-state index in [9.17, 15) is 9.59 Å². The van der Waals surface area contributed by atoms with Crippen molar-refractivity contribution in [3.63, 3.8) is 0 Å². The first kappa shape index (κ1) is 19.1. The maximum Gasteiger partial charge on any atom is 0.317 e. The molecule has 1 fully saturated rings. The molecule has 1 aromatic rings. The highest BCUT2D eigenvalue weighted by atomic mass is 16.5. The van der Waals surface area contributed by atoms with Crippen LogP contribution in [0.1, 0.15) is 44.6 Å². The van der Waals surface area contributed by atoms with Crippen molar-refractivity contribution in [3.8, 4) is 5.75 Å². The van der Waals surface area contributed by atoms with E-state index in [4.69, 9.17) is 9.84 Å². The summed E-state index contributed by atoms with van der Waals surface area (Å²) in [5, 5.41) is 11.7. The van der Waals surface area contributed by atoms with Crippen molar-refractivity contribution in [2.24, 2.45) is 5.92 Å². The van der Waals surface area contributed by atoms with Crippen molar-refractivity contribution in [3.05, 3.63) is 29.8 Å². The quantitative estimate of drug-likeness (QED) is 0.793. The Hall–Kier alpha value is -2.24. The van der Waals surface area contributed by atoms with E-state index in [2.05, 4.69) is 5.32 Å². The Bertz CT molecular complexity index is 567. The highest BCUT2D eigenvalue weighted by Gasteiger charge is 2.17. The smallest absolute Gasteiger partial charge is 0.317 e. The molecule has 1 atom stereocenters. The lowest BCUT2D eigenvalue weighted by atomic mass is 9.98. The maximum atomic E-state index is 12.0. The van der Waals surface area contributed by atoms with Crippen LogP contribution in [0.25, 0.3) is 0 Å². The number of hydrogen-bond donors (Lipinski definition) is 2. The van der Waals surface area contributed by atoms with E-state index in [1.165, 1.54) is 24.2 Å². The fourth-order valence-corrected chi connectivity index (χ4v) is 2.95. The van der Waals surface area contributed by atoms with E-state index in [0.29, 0.717) is 12.6 Å². The minimum Gasteiger partial charge on any atom is -0.490 e. The van der Waals surface area contributed by atoms with Gasteiger partial charge >= 0.3 is 12.0 Å². The molecule has 0 spiro atoms. The third-order valence-corrected chi connectivity index (χ3v) is 4.54. The summed E-state index contributed by atoms with van der Waals surface area (Å²) in [7, 11) is 1.59. The molecule has 1 saturated carbocycles. The van der Waals surface area contributed by atoms with Crippen molar-refractivity contribution >= 4 is 12.0 Å². The number of urea groups is 1. The van der Waals surface area contributed by atoms with Gasteiger partial charge in [-0.1, -0.05) is 25.5 Å². The van der Waals surface area contributed by atoms with E-state index in [-0.39, 0.29) is 12.6 Å². The average Bonchev–Trinajstić information content (AvgIpc) is 2.61. The van der Waals surface area contributed by atoms with Gasteiger partial charge in [-0.05, 0) is 43.4 Å². The Balaban J connectivity index is 1.76. The molecule has 0 aromatic heterocycles. The molecule has 0 bridgehead atoms. The lowest BCUT2D eigenvalue weighted by Gasteiger charge is -2.23. The van der Waals surface area contributed by atoms with Gasteiger partial charge in [0.1, 0.15) is 5.75 Å². The Morgan fingerprint density at radius 1 is 1.24 bits per heavy atom. The zero-order valence-corrected chi connectivity index (χ0v) is 15.0. The van der Waals surface area contributed by atoms with Crippen molar-refractivity contribution in [2.45, 2.75) is 51.7 Å². The molecule has 0 saturated heterocycles. The van der Waals surface area contributed by atoms with Crippen LogP contribution in [0.3, 0.4) is 0 Å². The molecule has 138 valence electrons. The highest BCUT2D eigenvalue weighted by Crippen LogP contribution is 2.23. The number of benzene rings is 1. The number of rotatable bonds is 7. The highest BCUT2D eigenvalue weighted by molar-refractivity contribution is 5.75. The Morgan fingerprint density at radius 2 is 1.88 bits per heavy atom. The summed E-state index contributed by atoms with van der Waals surface area (Å²) < 4.78 is 5.99. The van der Waals surface area contributed by atoms with Gasteiger partial charge in [0.2, 0.25) is 0 Å². The van der Waals surface area contributed by atoms with Crippen LogP contribution in [0.5, 0.6) is 5.75 Å². The number of aliphatic carboxylic acids is 1. The number of nitrogens with one attached hydrogen (secondary N) is 1. The number of amides is 2. The topological polar surface area (TPSA) is 78.9 Å². The number of carboxylic acid groups (broad SMARTS) is 1. The first-order valence-electron chi connectivity index (χ1n) is 8.93. The zero-order valence-electron chi connectivity index (χ0n) is 15.0. The largest absolute Gasteiger partial charge is 0.490 e. The third kappa shape index (κ3) is 6.29. The predicted octanol–water partition coefficient (Wildman–Crippen LogP) is 3.26. The average molecular weight is 348 g/mol. The number of ether oxygens (including phenoxy) is 1. The van der Waals surface area contributed by atoms with Crippen molar-refractivity contribution < 1.29 is 19.4 Å². The van der Waals surface area contributed by atoms with Crippen LogP contribution in [0, 0.1) is 5.92 Å². The van der Waals surface area contributed by atoms with Gasteiger partial charge in [0.15, 0.2) is 0 Å². The number of carboxylic acids is 1. The van der Waals surface area contributed by atoms with Gasteiger partial charge in [-0.2, -0.15) is 0 Å². The van der Waals surface area contributed by atoms with E-state index in [0.717, 1.165) is 24.2 Å². The Morgan fingerprint density at radius 3 is 2.48 bits per heavy atom. The maximum absolute atomic E-state index is 12.0. The first-order valence-corrected chi connectivity index (χ1v) is 8.93. The minimum atomic E-state index is -0.909. The van der Waals surface area contributed by atoms with Crippen LogP contribution < -0.4 is 10.1 Å². The van der Waals surface area contributed by atoms with Crippen molar-refractivity contribution in [1.82, 2.24) is 10.2 Å². The lowest BCUT2D eigenvalue weighted by Crippen LogP contribution is -2.40. The number of hydrogen-bond acceptors (Lipinski definition) is 3. The van der Waals surface area contributed by atoms with Crippen molar-refractivity contribution in [2.75, 3.05) is 13.6 Å². The van der Waals surface area contributed by atoms with Crippen LogP contribution in [0.15, 0.2) is 24.3 Å². The zero-order chi connectivity index (χ0) is 18.2. The molecule has 1 unspecified atom stereocenters. The molecule has 0 radical (unpaired) electrons. The molecule has 1 aliphatic rings. The molecular weight excluding hydrogens is 320 g/mol. The summed E-state index contributed by atoms with van der Waals surface area (Å²) in [5.74, 6) is -0.630.